The first-order valence-corrected chi connectivity index (χ1v) is 7.59. The summed E-state index contributed by atoms with van der Waals surface area (Å²) >= 11 is 0. The molecular formula is C16H20FN3O. The predicted octanol–water partition coefficient (Wildman–Crippen LogP) is 3.53. The molecule has 0 saturated heterocycles. The quantitative estimate of drug-likeness (QED) is 0.826. The van der Waals surface area contributed by atoms with Gasteiger partial charge in [0.15, 0.2) is 0 Å². The summed E-state index contributed by atoms with van der Waals surface area (Å²) in [6.07, 6.45) is 7.74. The van der Waals surface area contributed by atoms with Gasteiger partial charge in [-0.2, -0.15) is 0 Å². The molecule has 112 valence electrons. The van der Waals surface area contributed by atoms with Crippen LogP contribution in [0.15, 0.2) is 24.5 Å². The van der Waals surface area contributed by atoms with Crippen LogP contribution in [0, 0.1) is 5.82 Å². The molecule has 2 aromatic rings. The molecule has 1 aromatic carbocycles. The van der Waals surface area contributed by atoms with Gasteiger partial charge in [-0.1, -0.05) is 18.9 Å². The number of benzene rings is 1. The van der Waals surface area contributed by atoms with Crippen LogP contribution in [0.25, 0.3) is 10.9 Å². The first-order chi connectivity index (χ1) is 10.3. The number of hydrogen-bond donors (Lipinski definition) is 1. The Morgan fingerprint density at radius 3 is 2.95 bits per heavy atom. The van der Waals surface area contributed by atoms with Crippen LogP contribution in [0.5, 0.6) is 0 Å². The Labute approximate surface area is 123 Å². The standard InChI is InChI=1S/C16H20FN3O/c17-14-8-3-7-13-15(14)19-11-20-16(13)18-9-4-10-21-12-5-1-2-6-12/h3,7-8,11-12H,1-2,4-6,9-10H2,(H,18,19,20). The molecule has 0 unspecified atom stereocenters. The highest BCUT2D eigenvalue weighted by molar-refractivity contribution is 5.89. The van der Waals surface area contributed by atoms with E-state index in [-0.39, 0.29) is 5.82 Å². The number of aromatic nitrogens is 2. The number of nitrogens with zero attached hydrogens (tertiary/aromatic N) is 2. The zero-order valence-electron chi connectivity index (χ0n) is 12.0. The Morgan fingerprint density at radius 2 is 2.10 bits per heavy atom. The van der Waals surface area contributed by atoms with Crippen LogP contribution in [0.2, 0.25) is 0 Å². The zero-order chi connectivity index (χ0) is 14.5. The van der Waals surface area contributed by atoms with Crippen molar-refractivity contribution in [3.8, 4) is 0 Å². The van der Waals surface area contributed by atoms with Crippen molar-refractivity contribution in [3.63, 3.8) is 0 Å². The molecule has 0 atom stereocenters. The summed E-state index contributed by atoms with van der Waals surface area (Å²) in [5, 5.41) is 3.96. The summed E-state index contributed by atoms with van der Waals surface area (Å²) < 4.78 is 19.5. The summed E-state index contributed by atoms with van der Waals surface area (Å²) in [5.41, 5.74) is 0.359. The Morgan fingerprint density at radius 1 is 1.24 bits per heavy atom. The second-order valence-electron chi connectivity index (χ2n) is 5.42. The summed E-state index contributed by atoms with van der Waals surface area (Å²) in [5.74, 6) is 0.364. The lowest BCUT2D eigenvalue weighted by atomic mass is 10.2. The van der Waals surface area contributed by atoms with Gasteiger partial charge in [-0.05, 0) is 31.4 Å². The molecule has 0 bridgehead atoms. The van der Waals surface area contributed by atoms with Crippen molar-refractivity contribution in [2.24, 2.45) is 0 Å². The van der Waals surface area contributed by atoms with Crippen molar-refractivity contribution in [2.75, 3.05) is 18.5 Å². The average Bonchev–Trinajstić information content (AvgIpc) is 3.01. The Hall–Kier alpha value is -1.75. The highest BCUT2D eigenvalue weighted by atomic mass is 19.1. The predicted molar refractivity (Wildman–Crippen MR) is 80.8 cm³/mol. The van der Waals surface area contributed by atoms with Crippen molar-refractivity contribution in [1.29, 1.82) is 0 Å². The van der Waals surface area contributed by atoms with Crippen molar-refractivity contribution in [2.45, 2.75) is 38.2 Å². The molecule has 1 aliphatic rings. The first kappa shape index (κ1) is 14.2. The number of ether oxygens (including phenoxy) is 1. The Kier molecular flexibility index (Phi) is 4.60. The van der Waals surface area contributed by atoms with E-state index in [1.165, 1.54) is 38.1 Å². The van der Waals surface area contributed by atoms with Gasteiger partial charge in [-0.15, -0.1) is 0 Å². The van der Waals surface area contributed by atoms with E-state index in [9.17, 15) is 4.39 Å². The molecule has 21 heavy (non-hydrogen) atoms. The summed E-state index contributed by atoms with van der Waals surface area (Å²) in [7, 11) is 0. The molecular weight excluding hydrogens is 269 g/mol. The summed E-state index contributed by atoms with van der Waals surface area (Å²) in [6.45, 7) is 1.52. The van der Waals surface area contributed by atoms with Gasteiger partial charge in [0.2, 0.25) is 0 Å². The van der Waals surface area contributed by atoms with E-state index < -0.39 is 0 Å². The smallest absolute Gasteiger partial charge is 0.149 e. The molecule has 3 rings (SSSR count). The number of fused-ring (bicyclic) bond motifs is 1. The SMILES string of the molecule is Fc1cccc2c(NCCCOC3CCCC3)ncnc12. The maximum atomic E-state index is 13.6. The van der Waals surface area contributed by atoms with Gasteiger partial charge in [0.05, 0.1) is 6.10 Å². The van der Waals surface area contributed by atoms with E-state index in [2.05, 4.69) is 15.3 Å². The Balaban J connectivity index is 1.52. The van der Waals surface area contributed by atoms with E-state index in [1.807, 2.05) is 6.07 Å². The normalized spacial score (nSPS) is 15.7. The van der Waals surface area contributed by atoms with E-state index in [1.54, 1.807) is 6.07 Å². The molecule has 5 heteroatoms. The molecule has 1 aromatic heterocycles. The van der Waals surface area contributed by atoms with Crippen LogP contribution < -0.4 is 5.32 Å². The van der Waals surface area contributed by atoms with E-state index in [0.717, 1.165) is 19.6 Å². The van der Waals surface area contributed by atoms with Crippen LogP contribution in [0.3, 0.4) is 0 Å². The second kappa shape index (κ2) is 6.80. The lowest BCUT2D eigenvalue weighted by Crippen LogP contribution is -2.12. The molecule has 0 aliphatic heterocycles. The maximum Gasteiger partial charge on any atom is 0.149 e. The third-order valence-corrected chi connectivity index (χ3v) is 3.88. The average molecular weight is 289 g/mol. The minimum Gasteiger partial charge on any atom is -0.378 e. The number of para-hydroxylation sites is 1. The highest BCUT2D eigenvalue weighted by Gasteiger charge is 2.14. The monoisotopic (exact) mass is 289 g/mol. The minimum absolute atomic E-state index is 0.317. The van der Waals surface area contributed by atoms with Gasteiger partial charge in [-0.25, -0.2) is 14.4 Å². The number of anilines is 1. The molecule has 1 N–H and O–H groups in total. The number of nitrogens with one attached hydrogen (secondary N) is 1. The van der Waals surface area contributed by atoms with Gasteiger partial charge in [0, 0.05) is 18.5 Å². The molecule has 1 aliphatic carbocycles. The van der Waals surface area contributed by atoms with Crippen molar-refractivity contribution >= 4 is 16.7 Å². The van der Waals surface area contributed by atoms with E-state index in [0.29, 0.717) is 22.8 Å². The van der Waals surface area contributed by atoms with Gasteiger partial charge in [0.25, 0.3) is 0 Å². The molecule has 4 nitrogen and oxygen atoms in total. The lowest BCUT2D eigenvalue weighted by Gasteiger charge is -2.12. The molecule has 1 saturated carbocycles. The zero-order valence-corrected chi connectivity index (χ0v) is 12.0. The van der Waals surface area contributed by atoms with Crippen molar-refractivity contribution in [1.82, 2.24) is 9.97 Å². The van der Waals surface area contributed by atoms with Crippen LogP contribution in [0.1, 0.15) is 32.1 Å². The molecule has 0 radical (unpaired) electrons. The fourth-order valence-corrected chi connectivity index (χ4v) is 2.78. The van der Waals surface area contributed by atoms with Crippen molar-refractivity contribution in [3.05, 3.63) is 30.3 Å². The maximum absolute atomic E-state index is 13.6. The van der Waals surface area contributed by atoms with Gasteiger partial charge >= 0.3 is 0 Å². The lowest BCUT2D eigenvalue weighted by molar-refractivity contribution is 0.0583. The molecule has 0 spiro atoms. The number of hydrogen-bond acceptors (Lipinski definition) is 4. The number of halogens is 1. The third-order valence-electron chi connectivity index (χ3n) is 3.88. The van der Waals surface area contributed by atoms with Gasteiger partial charge in [0.1, 0.15) is 23.5 Å². The van der Waals surface area contributed by atoms with Crippen LogP contribution in [-0.2, 0) is 4.74 Å². The summed E-state index contributed by atoms with van der Waals surface area (Å²) in [6, 6.07) is 4.92. The first-order valence-electron chi connectivity index (χ1n) is 7.59. The van der Waals surface area contributed by atoms with Crippen LogP contribution in [0.4, 0.5) is 10.2 Å². The Bertz CT molecular complexity index is 599. The summed E-state index contributed by atoms with van der Waals surface area (Å²) in [4.78, 5) is 8.18. The van der Waals surface area contributed by atoms with Gasteiger partial charge < -0.3 is 10.1 Å². The van der Waals surface area contributed by atoms with Crippen LogP contribution in [-0.4, -0.2) is 29.2 Å². The van der Waals surface area contributed by atoms with Crippen molar-refractivity contribution < 1.29 is 9.13 Å². The molecule has 1 heterocycles. The van der Waals surface area contributed by atoms with E-state index in [4.69, 9.17) is 4.74 Å². The van der Waals surface area contributed by atoms with E-state index >= 15 is 0 Å². The fraction of sp³-hybridized carbons (Fsp3) is 0.500. The largest absolute Gasteiger partial charge is 0.378 e. The molecule has 1 fully saturated rings. The second-order valence-corrected chi connectivity index (χ2v) is 5.42. The van der Waals surface area contributed by atoms with Crippen LogP contribution >= 0.6 is 0 Å². The third kappa shape index (κ3) is 3.47. The molecule has 0 amide bonds. The fourth-order valence-electron chi connectivity index (χ4n) is 2.78. The number of rotatable bonds is 6. The minimum atomic E-state index is -0.317. The topological polar surface area (TPSA) is 47.0 Å². The highest BCUT2D eigenvalue weighted by Crippen LogP contribution is 2.22. The van der Waals surface area contributed by atoms with Gasteiger partial charge in [-0.3, -0.25) is 0 Å².